The Bertz CT molecular complexity index is 2140. The van der Waals surface area contributed by atoms with Crippen molar-refractivity contribution in [1.82, 2.24) is 0 Å². The molecule has 20 atom stereocenters. The zero-order valence-electron chi connectivity index (χ0n) is 39.3. The molecule has 0 amide bonds. The molecular weight excluding hydrogens is 1270 g/mol. The average Bonchev–Trinajstić information content (AvgIpc) is 3.38. The molecule has 0 saturated carbocycles. The number of aliphatic hydroxyl groups excluding tert-OH is 14. The number of aliphatic imine (C=N–C) groups is 2. The number of hydrogen-bond donors (Lipinski definition) is 14. The van der Waals surface area contributed by atoms with Gasteiger partial charge in [0.15, 0.2) is 12.6 Å². The number of benzene rings is 3. The monoisotopic (exact) mass is 1320 g/mol. The summed E-state index contributed by atoms with van der Waals surface area (Å²) in [6.07, 6.45) is -25.8. The van der Waals surface area contributed by atoms with E-state index in [0.29, 0.717) is 22.5 Å². The molecule has 0 aliphatic carbocycles. The van der Waals surface area contributed by atoms with Gasteiger partial charge in [-0.05, 0) is 46.5 Å². The summed E-state index contributed by atoms with van der Waals surface area (Å²) in [6, 6.07) is 15.6. The Balaban J connectivity index is 0.00000406. The number of rotatable bonds is 18. The second-order valence-electron chi connectivity index (χ2n) is 17.4. The maximum absolute atomic E-state index is 12.9. The Morgan fingerprint density at radius 2 is 0.827 bits per heavy atom. The first kappa shape index (κ1) is 65.0. The molecule has 0 aromatic heterocycles. The molecule has 14 N–H and O–H groups in total. The Labute approximate surface area is 460 Å². The molecule has 7 rings (SSSR count). The van der Waals surface area contributed by atoms with E-state index in [1.165, 1.54) is 24.6 Å². The SMILES string of the molecule is [O-2].[O-2].[O-]c1ccc(CS[C@@H]2O[C@H](CO)[C@@H](O[C@H]3O[C@H](CO)[C@@H](O)[C@H](O)[C@H]3O)[C@H](O)[C@H]2O)cc1C=Nc1ccccc1N=Cc1cc(CS[C@@H]2O[C@H](CO)[C@@H](O[C@H]3O[C@H](CO)[C@@H](O)[C@H](O)[C@H]3O)[C@H](O)[C@H]2O)ccc1[O-].[U]. The van der Waals surface area contributed by atoms with Gasteiger partial charge in [0.05, 0.1) is 37.8 Å². The number of para-hydroxylation sites is 2. The van der Waals surface area contributed by atoms with E-state index >= 15 is 0 Å². The van der Waals surface area contributed by atoms with Crippen LogP contribution in [0.2, 0.25) is 0 Å². The molecule has 75 heavy (non-hydrogen) atoms. The van der Waals surface area contributed by atoms with Crippen LogP contribution < -0.4 is 10.2 Å². The summed E-state index contributed by atoms with van der Waals surface area (Å²) in [6.45, 7) is -2.86. The first-order chi connectivity index (χ1) is 34.5. The predicted molar refractivity (Wildman–Crippen MR) is 249 cm³/mol. The number of ether oxygens (including phenoxy) is 6. The van der Waals surface area contributed by atoms with Crippen LogP contribution in [0.4, 0.5) is 11.4 Å². The zero-order valence-corrected chi connectivity index (χ0v) is 45.1. The molecule has 4 fully saturated rings. The molecule has 4 saturated heterocycles. The van der Waals surface area contributed by atoms with E-state index in [4.69, 9.17) is 28.4 Å². The van der Waals surface area contributed by atoms with Gasteiger partial charge in [0.1, 0.15) is 109 Å². The summed E-state index contributed by atoms with van der Waals surface area (Å²) in [7, 11) is 0. The molecule has 0 bridgehead atoms. The standard InChI is InChI=1S/C46H60N2O22S2.2O.U/c49-13-27-31(55)33(57)37(61)43(65-27)69-41-29(15-51)67-45(39(63)35(41)59)71-17-19-5-7-25(53)21(9-19)11-47-23-3-1-2-4-24(23)48-12-22-10-20(6-8-26(22)54)18-72-46-40(64)36(60)42(30(16-52)68-46)70-44-38(62)34(58)32(56)28(14-50)66-44;;;/h1-12,27-46,49-64H,13-18H2;;;/q;2*-2;/p-2/t27-,28-,29-,30-,31-,32-,33+,34+,35-,36-,37-,38-,39-,40-,41-,42-,43-,44-,45+,46+;;;/m1.../s1. The summed E-state index contributed by atoms with van der Waals surface area (Å²) < 4.78 is 33.7. The molecule has 0 unspecified atom stereocenters. The second-order valence-corrected chi connectivity index (χ2v) is 19.6. The maximum Gasteiger partial charge on any atom is 0.187 e. The van der Waals surface area contributed by atoms with Crippen molar-refractivity contribution in [1.29, 1.82) is 0 Å². The van der Waals surface area contributed by atoms with E-state index in [0.717, 1.165) is 23.5 Å². The molecule has 0 radical (unpaired) electrons. The van der Waals surface area contributed by atoms with Gasteiger partial charge in [-0.3, -0.25) is 9.98 Å². The molecule has 418 valence electrons. The number of nitrogens with zero attached hydrogens (tertiary/aromatic N) is 2. The van der Waals surface area contributed by atoms with Gasteiger partial charge in [0.2, 0.25) is 0 Å². The van der Waals surface area contributed by atoms with Gasteiger partial charge in [0.25, 0.3) is 0 Å². The van der Waals surface area contributed by atoms with E-state index in [2.05, 4.69) is 9.98 Å². The van der Waals surface area contributed by atoms with E-state index in [1.807, 2.05) is 0 Å². The van der Waals surface area contributed by atoms with Crippen molar-refractivity contribution < 1.29 is 152 Å². The van der Waals surface area contributed by atoms with Gasteiger partial charge in [0, 0.05) is 55.0 Å². The van der Waals surface area contributed by atoms with Gasteiger partial charge >= 0.3 is 0 Å². The Kier molecular flexibility index (Phi) is 25.7. The molecule has 3 aromatic carbocycles. The average molecular weight is 1330 g/mol. The van der Waals surface area contributed by atoms with E-state index in [9.17, 15) is 81.7 Å². The first-order valence-electron chi connectivity index (χ1n) is 22.7. The number of aliphatic hydroxyl groups is 14. The van der Waals surface area contributed by atoms with Crippen LogP contribution in [0.1, 0.15) is 22.3 Å². The number of hydrogen-bond acceptors (Lipinski definition) is 26. The van der Waals surface area contributed by atoms with Crippen molar-refractivity contribution in [2.75, 3.05) is 26.4 Å². The van der Waals surface area contributed by atoms with Crippen molar-refractivity contribution in [2.24, 2.45) is 9.98 Å². The first-order valence-corrected chi connectivity index (χ1v) is 24.7. The summed E-state index contributed by atoms with van der Waals surface area (Å²) in [4.78, 5) is 8.99. The van der Waals surface area contributed by atoms with Crippen LogP contribution in [0.15, 0.2) is 70.6 Å². The van der Waals surface area contributed by atoms with Crippen LogP contribution >= 0.6 is 23.5 Å². The molecule has 0 spiro atoms. The predicted octanol–water partition coefficient (Wildman–Crippen LogP) is -5.19. The maximum atomic E-state index is 12.9. The van der Waals surface area contributed by atoms with E-state index in [-0.39, 0.29) is 76.2 Å². The molecule has 29 heteroatoms. The fourth-order valence-corrected chi connectivity index (χ4v) is 10.5. The normalized spacial score (nSPS) is 36.1. The third kappa shape index (κ3) is 15.2. The van der Waals surface area contributed by atoms with Crippen LogP contribution in [0.3, 0.4) is 0 Å². The summed E-state index contributed by atoms with van der Waals surface area (Å²) in [5.74, 6) is -0.451. The molecule has 3 aromatic rings. The van der Waals surface area contributed by atoms with E-state index < -0.39 is 148 Å². The van der Waals surface area contributed by atoms with E-state index in [1.54, 1.807) is 48.5 Å². The van der Waals surface area contributed by atoms with Crippen molar-refractivity contribution >= 4 is 47.3 Å². The van der Waals surface area contributed by atoms with Crippen LogP contribution in [-0.2, 0) is 50.9 Å². The quantitative estimate of drug-likeness (QED) is 0.0530. The van der Waals surface area contributed by atoms with Crippen LogP contribution in [0, 0.1) is 31.1 Å². The van der Waals surface area contributed by atoms with Gasteiger partial charge in [-0.25, -0.2) is 0 Å². The fraction of sp³-hybridized carbons (Fsp3) is 0.565. The minimum absolute atomic E-state index is 0. The molecule has 26 nitrogen and oxygen atoms in total. The molecule has 4 aliphatic rings. The smallest absolute Gasteiger partial charge is 0.187 e. The van der Waals surface area contributed by atoms with Crippen molar-refractivity contribution in [2.45, 2.75) is 133 Å². The minimum Gasteiger partial charge on any atom is -2.00 e. The summed E-state index contributed by atoms with van der Waals surface area (Å²) in [5.41, 5.74) is 0.00658. The number of thioether (sulfide) groups is 2. The van der Waals surface area contributed by atoms with Gasteiger partial charge in [-0.15, -0.1) is 35.0 Å². The van der Waals surface area contributed by atoms with Gasteiger partial charge in [-0.1, -0.05) is 36.4 Å². The third-order valence-corrected chi connectivity index (χ3v) is 14.9. The Morgan fingerprint density at radius 1 is 0.467 bits per heavy atom. The zero-order chi connectivity index (χ0) is 52.0. The van der Waals surface area contributed by atoms with Crippen LogP contribution in [-0.4, -0.2) is 231 Å². The second kappa shape index (κ2) is 29.6. The van der Waals surface area contributed by atoms with Crippen LogP contribution in [0.5, 0.6) is 11.5 Å². The van der Waals surface area contributed by atoms with Crippen molar-refractivity contribution in [3.63, 3.8) is 0 Å². The fourth-order valence-electron chi connectivity index (χ4n) is 8.28. The van der Waals surface area contributed by atoms with Gasteiger partial charge < -0.3 is 121 Å². The Morgan fingerprint density at radius 3 is 1.17 bits per heavy atom. The summed E-state index contributed by atoms with van der Waals surface area (Å²) in [5, 5.41) is 170. The topological polar surface area (TPSA) is 466 Å². The minimum atomic E-state index is -1.81. The van der Waals surface area contributed by atoms with Gasteiger partial charge in [-0.2, -0.15) is 0 Å². The molecule has 4 aliphatic heterocycles. The third-order valence-electron chi connectivity index (χ3n) is 12.5. The van der Waals surface area contributed by atoms with Crippen molar-refractivity contribution in [3.8, 4) is 11.5 Å². The molecule has 4 heterocycles. The van der Waals surface area contributed by atoms with Crippen molar-refractivity contribution in [3.05, 3.63) is 82.9 Å². The largest absolute Gasteiger partial charge is 2.00 e. The Hall–Kier alpha value is -2.53. The summed E-state index contributed by atoms with van der Waals surface area (Å²) >= 11 is 2.08. The molecular formula is C46H58N2O24S2U-6. The van der Waals surface area contributed by atoms with Crippen LogP contribution in [0.25, 0.3) is 0 Å².